The SMILES string of the molecule is CCCNC1CCC(CCCOc2ccccc2)C1C. The second-order valence-corrected chi connectivity index (χ2v) is 6.06. The molecule has 2 heteroatoms. The van der Waals surface area contributed by atoms with Gasteiger partial charge >= 0.3 is 0 Å². The zero-order valence-corrected chi connectivity index (χ0v) is 13.0. The van der Waals surface area contributed by atoms with Gasteiger partial charge in [0.2, 0.25) is 0 Å². The van der Waals surface area contributed by atoms with Crippen LogP contribution >= 0.6 is 0 Å². The van der Waals surface area contributed by atoms with Crippen molar-refractivity contribution in [1.82, 2.24) is 5.32 Å². The average molecular weight is 275 g/mol. The van der Waals surface area contributed by atoms with Gasteiger partial charge in [-0.2, -0.15) is 0 Å². The molecule has 1 saturated carbocycles. The smallest absolute Gasteiger partial charge is 0.119 e. The molecule has 2 rings (SSSR count). The Labute approximate surface area is 123 Å². The molecule has 1 fully saturated rings. The Bertz CT molecular complexity index is 365. The Hall–Kier alpha value is -1.02. The molecule has 0 aliphatic heterocycles. The fraction of sp³-hybridized carbons (Fsp3) is 0.667. The molecule has 0 spiro atoms. The van der Waals surface area contributed by atoms with E-state index in [1.54, 1.807) is 0 Å². The summed E-state index contributed by atoms with van der Waals surface area (Å²) in [7, 11) is 0. The van der Waals surface area contributed by atoms with Crippen LogP contribution in [0.3, 0.4) is 0 Å². The minimum absolute atomic E-state index is 0.745. The highest BCUT2D eigenvalue weighted by atomic mass is 16.5. The number of hydrogen-bond acceptors (Lipinski definition) is 2. The molecule has 3 atom stereocenters. The van der Waals surface area contributed by atoms with Gasteiger partial charge in [0, 0.05) is 6.04 Å². The van der Waals surface area contributed by atoms with E-state index >= 15 is 0 Å². The van der Waals surface area contributed by atoms with Gasteiger partial charge in [-0.15, -0.1) is 0 Å². The van der Waals surface area contributed by atoms with Crippen LogP contribution in [-0.4, -0.2) is 19.2 Å². The maximum Gasteiger partial charge on any atom is 0.119 e. The summed E-state index contributed by atoms with van der Waals surface area (Å²) in [4.78, 5) is 0. The molecule has 0 aromatic heterocycles. The van der Waals surface area contributed by atoms with Crippen molar-refractivity contribution < 1.29 is 4.74 Å². The Morgan fingerprint density at radius 3 is 2.75 bits per heavy atom. The Kier molecular flexibility index (Phi) is 6.38. The summed E-state index contributed by atoms with van der Waals surface area (Å²) < 4.78 is 5.78. The second kappa shape index (κ2) is 8.31. The van der Waals surface area contributed by atoms with Crippen molar-refractivity contribution in [3.63, 3.8) is 0 Å². The molecule has 1 aromatic carbocycles. The first-order valence-corrected chi connectivity index (χ1v) is 8.22. The van der Waals surface area contributed by atoms with Crippen LogP contribution < -0.4 is 10.1 Å². The summed E-state index contributed by atoms with van der Waals surface area (Å²) >= 11 is 0. The lowest BCUT2D eigenvalue weighted by Crippen LogP contribution is -2.33. The lowest BCUT2D eigenvalue weighted by molar-refractivity contribution is 0.271. The minimum atomic E-state index is 0.745. The van der Waals surface area contributed by atoms with E-state index in [0.29, 0.717) is 0 Å². The van der Waals surface area contributed by atoms with Gasteiger partial charge in [0.15, 0.2) is 0 Å². The highest BCUT2D eigenvalue weighted by Crippen LogP contribution is 2.34. The number of rotatable bonds is 8. The molecule has 20 heavy (non-hydrogen) atoms. The molecular weight excluding hydrogens is 246 g/mol. The van der Waals surface area contributed by atoms with Crippen LogP contribution in [0.1, 0.15) is 46.0 Å². The maximum atomic E-state index is 5.78. The van der Waals surface area contributed by atoms with Crippen LogP contribution in [0, 0.1) is 11.8 Å². The molecule has 1 N–H and O–H groups in total. The Morgan fingerprint density at radius 1 is 1.20 bits per heavy atom. The third kappa shape index (κ3) is 4.52. The van der Waals surface area contributed by atoms with E-state index in [9.17, 15) is 0 Å². The summed E-state index contributed by atoms with van der Waals surface area (Å²) in [5.74, 6) is 2.69. The largest absolute Gasteiger partial charge is 0.494 e. The predicted octanol–water partition coefficient (Wildman–Crippen LogP) is 4.26. The van der Waals surface area contributed by atoms with Crippen molar-refractivity contribution in [2.45, 2.75) is 52.0 Å². The first-order chi connectivity index (χ1) is 9.81. The fourth-order valence-corrected chi connectivity index (χ4v) is 3.33. The zero-order chi connectivity index (χ0) is 14.2. The Morgan fingerprint density at radius 2 is 2.00 bits per heavy atom. The van der Waals surface area contributed by atoms with Crippen LogP contribution in [0.2, 0.25) is 0 Å². The van der Waals surface area contributed by atoms with Crippen molar-refractivity contribution in [3.05, 3.63) is 30.3 Å². The molecule has 3 unspecified atom stereocenters. The van der Waals surface area contributed by atoms with Gasteiger partial charge in [-0.1, -0.05) is 32.0 Å². The molecule has 0 amide bonds. The molecule has 1 aliphatic rings. The third-order valence-electron chi connectivity index (χ3n) is 4.61. The van der Waals surface area contributed by atoms with E-state index in [1.807, 2.05) is 30.3 Å². The van der Waals surface area contributed by atoms with E-state index in [-0.39, 0.29) is 0 Å². The maximum absolute atomic E-state index is 5.78. The average Bonchev–Trinajstić information content (AvgIpc) is 2.83. The predicted molar refractivity (Wildman–Crippen MR) is 85.1 cm³/mol. The van der Waals surface area contributed by atoms with Gasteiger partial charge in [0.25, 0.3) is 0 Å². The van der Waals surface area contributed by atoms with Crippen molar-refractivity contribution in [3.8, 4) is 5.75 Å². The number of para-hydroxylation sites is 1. The van der Waals surface area contributed by atoms with Crippen molar-refractivity contribution in [1.29, 1.82) is 0 Å². The fourth-order valence-electron chi connectivity index (χ4n) is 3.33. The van der Waals surface area contributed by atoms with Crippen LogP contribution in [0.5, 0.6) is 5.75 Å². The number of hydrogen-bond donors (Lipinski definition) is 1. The van der Waals surface area contributed by atoms with Gasteiger partial charge < -0.3 is 10.1 Å². The number of nitrogens with one attached hydrogen (secondary N) is 1. The van der Waals surface area contributed by atoms with Crippen molar-refractivity contribution >= 4 is 0 Å². The van der Waals surface area contributed by atoms with E-state index in [4.69, 9.17) is 4.74 Å². The van der Waals surface area contributed by atoms with Gasteiger partial charge in [0.05, 0.1) is 6.61 Å². The summed E-state index contributed by atoms with van der Waals surface area (Å²) in [6, 6.07) is 10.9. The van der Waals surface area contributed by atoms with Crippen LogP contribution in [0.4, 0.5) is 0 Å². The van der Waals surface area contributed by atoms with Gasteiger partial charge in [-0.3, -0.25) is 0 Å². The molecule has 2 nitrogen and oxygen atoms in total. The van der Waals surface area contributed by atoms with E-state index in [0.717, 1.165) is 30.2 Å². The van der Waals surface area contributed by atoms with Gasteiger partial charge in [0.1, 0.15) is 5.75 Å². The van der Waals surface area contributed by atoms with E-state index in [2.05, 4.69) is 19.2 Å². The van der Waals surface area contributed by atoms with Crippen LogP contribution in [0.15, 0.2) is 30.3 Å². The molecule has 1 aromatic rings. The monoisotopic (exact) mass is 275 g/mol. The summed E-state index contributed by atoms with van der Waals surface area (Å²) in [6.45, 7) is 6.67. The molecule has 0 radical (unpaired) electrons. The molecular formula is C18H29NO. The van der Waals surface area contributed by atoms with Crippen LogP contribution in [0.25, 0.3) is 0 Å². The lowest BCUT2D eigenvalue weighted by Gasteiger charge is -2.21. The quantitative estimate of drug-likeness (QED) is 0.716. The first kappa shape index (κ1) is 15.4. The highest BCUT2D eigenvalue weighted by Gasteiger charge is 2.31. The number of ether oxygens (including phenoxy) is 1. The standard InChI is InChI=1S/C18H29NO/c1-3-13-19-18-12-11-16(15(18)2)8-7-14-20-17-9-5-4-6-10-17/h4-6,9-10,15-16,18-19H,3,7-8,11-14H2,1-2H3. The zero-order valence-electron chi connectivity index (χ0n) is 13.0. The third-order valence-corrected chi connectivity index (χ3v) is 4.61. The number of benzene rings is 1. The van der Waals surface area contributed by atoms with Crippen molar-refractivity contribution in [2.24, 2.45) is 11.8 Å². The topological polar surface area (TPSA) is 21.3 Å². The first-order valence-electron chi connectivity index (χ1n) is 8.22. The molecule has 112 valence electrons. The Balaban J connectivity index is 1.62. The second-order valence-electron chi connectivity index (χ2n) is 6.06. The lowest BCUT2D eigenvalue weighted by atomic mass is 9.91. The summed E-state index contributed by atoms with van der Waals surface area (Å²) in [5.41, 5.74) is 0. The highest BCUT2D eigenvalue weighted by molar-refractivity contribution is 5.20. The summed E-state index contributed by atoms with van der Waals surface area (Å²) in [5, 5.41) is 3.70. The molecule has 0 bridgehead atoms. The minimum Gasteiger partial charge on any atom is -0.494 e. The van der Waals surface area contributed by atoms with E-state index in [1.165, 1.54) is 38.6 Å². The molecule has 0 heterocycles. The van der Waals surface area contributed by atoms with Crippen molar-refractivity contribution in [2.75, 3.05) is 13.2 Å². The molecule has 0 saturated heterocycles. The van der Waals surface area contributed by atoms with Crippen LogP contribution in [-0.2, 0) is 0 Å². The normalized spacial score (nSPS) is 25.8. The molecule has 1 aliphatic carbocycles. The van der Waals surface area contributed by atoms with Gasteiger partial charge in [-0.25, -0.2) is 0 Å². The summed E-state index contributed by atoms with van der Waals surface area (Å²) in [6.07, 6.45) is 6.45. The van der Waals surface area contributed by atoms with Gasteiger partial charge in [-0.05, 0) is 62.6 Å². The van der Waals surface area contributed by atoms with E-state index < -0.39 is 0 Å².